The van der Waals surface area contributed by atoms with Crippen LogP contribution >= 0.6 is 0 Å². The van der Waals surface area contributed by atoms with Crippen molar-refractivity contribution < 1.29 is 5.21 Å². The normalized spacial score (nSPS) is 18.8. The Morgan fingerprint density at radius 1 is 1.10 bits per heavy atom. The average Bonchev–Trinajstić information content (AvgIpc) is 2.74. The van der Waals surface area contributed by atoms with Gasteiger partial charge < -0.3 is 9.77 Å². The number of nitrogens with zero attached hydrogens (tertiary/aromatic N) is 2. The molecule has 1 aromatic carbocycles. The van der Waals surface area contributed by atoms with Crippen LogP contribution < -0.4 is 0 Å². The first-order chi connectivity index (χ1) is 9.91. The maximum absolute atomic E-state index is 9.36. The van der Waals surface area contributed by atoms with Crippen LogP contribution in [-0.4, -0.2) is 15.5 Å². The summed E-state index contributed by atoms with van der Waals surface area (Å²) >= 11 is 0. The number of oxime groups is 1. The second-order valence-corrected chi connectivity index (χ2v) is 6.88. The van der Waals surface area contributed by atoms with Crippen molar-refractivity contribution in [2.24, 2.45) is 10.6 Å². The number of fused-ring (bicyclic) bond motifs is 1. The molecule has 1 aliphatic rings. The van der Waals surface area contributed by atoms with Crippen LogP contribution in [0.15, 0.2) is 35.5 Å². The third-order valence-electron chi connectivity index (χ3n) is 4.30. The zero-order valence-electron chi connectivity index (χ0n) is 13.1. The molecule has 0 saturated carbocycles. The molecule has 0 spiro atoms. The Kier molecular flexibility index (Phi) is 3.16. The van der Waals surface area contributed by atoms with Crippen molar-refractivity contribution in [1.82, 2.24) is 4.57 Å². The molecule has 21 heavy (non-hydrogen) atoms. The molecular formula is C18H22N2O. The van der Waals surface area contributed by atoms with E-state index in [4.69, 9.17) is 0 Å². The lowest BCUT2D eigenvalue weighted by Gasteiger charge is -2.31. The smallest absolute Gasteiger partial charge is 0.0891 e. The fourth-order valence-corrected chi connectivity index (χ4v) is 3.32. The Hall–Kier alpha value is -2.03. The molecule has 1 heterocycles. The Bertz CT molecular complexity index is 706. The second-order valence-electron chi connectivity index (χ2n) is 6.88. The third kappa shape index (κ3) is 2.37. The lowest BCUT2D eigenvalue weighted by atomic mass is 9.76. The molecule has 0 amide bonds. The highest BCUT2D eigenvalue weighted by Crippen LogP contribution is 2.37. The monoisotopic (exact) mass is 282 g/mol. The summed E-state index contributed by atoms with van der Waals surface area (Å²) in [5, 5.41) is 12.9. The minimum atomic E-state index is 0.113. The standard InChI is InChI=1S/C18H22N2O/c1-12-5-7-14(8-6-12)20-13(2)9-15-16(19-21)10-18(3,4)11-17(15)20/h5-9,21H,10-11H2,1-4H3/b19-16+. The maximum Gasteiger partial charge on any atom is 0.0891 e. The molecule has 1 N–H and O–H groups in total. The molecule has 0 aliphatic heterocycles. The molecular weight excluding hydrogens is 260 g/mol. The predicted molar refractivity (Wildman–Crippen MR) is 85.7 cm³/mol. The zero-order valence-corrected chi connectivity index (χ0v) is 13.1. The van der Waals surface area contributed by atoms with Crippen LogP contribution in [0.5, 0.6) is 0 Å². The van der Waals surface area contributed by atoms with Gasteiger partial charge in [0.25, 0.3) is 0 Å². The van der Waals surface area contributed by atoms with Crippen LogP contribution in [0.4, 0.5) is 0 Å². The molecule has 0 bridgehead atoms. The van der Waals surface area contributed by atoms with E-state index in [2.05, 4.69) is 67.7 Å². The molecule has 0 atom stereocenters. The summed E-state index contributed by atoms with van der Waals surface area (Å²) in [6, 6.07) is 10.7. The number of aromatic nitrogens is 1. The van der Waals surface area contributed by atoms with Crippen LogP contribution in [0, 0.1) is 19.3 Å². The Morgan fingerprint density at radius 3 is 2.38 bits per heavy atom. The van der Waals surface area contributed by atoms with E-state index in [1.54, 1.807) is 0 Å². The van der Waals surface area contributed by atoms with Gasteiger partial charge in [-0.3, -0.25) is 0 Å². The van der Waals surface area contributed by atoms with Crippen molar-refractivity contribution in [1.29, 1.82) is 0 Å². The van der Waals surface area contributed by atoms with Crippen molar-refractivity contribution in [3.05, 3.63) is 52.8 Å². The van der Waals surface area contributed by atoms with E-state index in [0.29, 0.717) is 0 Å². The molecule has 0 saturated heterocycles. The van der Waals surface area contributed by atoms with Crippen LogP contribution in [0.1, 0.15) is 42.8 Å². The molecule has 1 aliphatic carbocycles. The lowest BCUT2D eigenvalue weighted by molar-refractivity contribution is 0.305. The molecule has 2 aromatic rings. The molecule has 3 heteroatoms. The summed E-state index contributed by atoms with van der Waals surface area (Å²) < 4.78 is 2.29. The van der Waals surface area contributed by atoms with Crippen LogP contribution in [0.25, 0.3) is 5.69 Å². The van der Waals surface area contributed by atoms with Gasteiger partial charge in [0.1, 0.15) is 0 Å². The summed E-state index contributed by atoms with van der Waals surface area (Å²) in [6.45, 7) is 8.66. The van der Waals surface area contributed by atoms with E-state index in [9.17, 15) is 5.21 Å². The van der Waals surface area contributed by atoms with Gasteiger partial charge in [-0.05, 0) is 50.3 Å². The molecule has 0 fully saturated rings. The first kappa shape index (κ1) is 13.9. The first-order valence-electron chi connectivity index (χ1n) is 7.41. The molecule has 1 aromatic heterocycles. The highest BCUT2D eigenvalue weighted by Gasteiger charge is 2.33. The fraction of sp³-hybridized carbons (Fsp3) is 0.389. The topological polar surface area (TPSA) is 37.5 Å². The first-order valence-corrected chi connectivity index (χ1v) is 7.41. The molecule has 110 valence electrons. The molecule has 0 radical (unpaired) electrons. The fourth-order valence-electron chi connectivity index (χ4n) is 3.32. The van der Waals surface area contributed by atoms with Gasteiger partial charge in [0.15, 0.2) is 0 Å². The van der Waals surface area contributed by atoms with Crippen LogP contribution in [0.3, 0.4) is 0 Å². The zero-order chi connectivity index (χ0) is 15.2. The largest absolute Gasteiger partial charge is 0.411 e. The third-order valence-corrected chi connectivity index (χ3v) is 4.30. The second kappa shape index (κ2) is 4.76. The van der Waals surface area contributed by atoms with Crippen molar-refractivity contribution >= 4 is 5.71 Å². The number of rotatable bonds is 1. The lowest BCUT2D eigenvalue weighted by Crippen LogP contribution is -2.28. The van der Waals surface area contributed by atoms with Crippen molar-refractivity contribution in [3.8, 4) is 5.69 Å². The highest BCUT2D eigenvalue weighted by atomic mass is 16.4. The maximum atomic E-state index is 9.36. The van der Waals surface area contributed by atoms with E-state index in [1.807, 2.05) is 0 Å². The van der Waals surface area contributed by atoms with Gasteiger partial charge in [-0.1, -0.05) is 36.7 Å². The van der Waals surface area contributed by atoms with Crippen LogP contribution in [0.2, 0.25) is 0 Å². The van der Waals surface area contributed by atoms with Gasteiger partial charge in [-0.25, -0.2) is 0 Å². The minimum Gasteiger partial charge on any atom is -0.411 e. The highest BCUT2D eigenvalue weighted by molar-refractivity contribution is 6.03. The van der Waals surface area contributed by atoms with Crippen molar-refractivity contribution in [2.45, 2.75) is 40.5 Å². The van der Waals surface area contributed by atoms with Gasteiger partial charge in [0.2, 0.25) is 0 Å². The summed E-state index contributed by atoms with van der Waals surface area (Å²) in [7, 11) is 0. The van der Waals surface area contributed by atoms with E-state index >= 15 is 0 Å². The SMILES string of the molecule is Cc1ccc(-n2c(C)cc3c2CC(C)(C)C/C3=N\O)cc1. The minimum absolute atomic E-state index is 0.113. The summed E-state index contributed by atoms with van der Waals surface area (Å²) in [4.78, 5) is 0. The molecule has 0 unspecified atom stereocenters. The molecule has 3 rings (SSSR count). The number of hydrogen-bond donors (Lipinski definition) is 1. The van der Waals surface area contributed by atoms with Gasteiger partial charge in [0.05, 0.1) is 5.71 Å². The predicted octanol–water partition coefficient (Wildman–Crippen LogP) is 4.24. The Morgan fingerprint density at radius 2 is 1.76 bits per heavy atom. The number of benzene rings is 1. The summed E-state index contributed by atoms with van der Waals surface area (Å²) in [6.07, 6.45) is 1.80. The van der Waals surface area contributed by atoms with Crippen molar-refractivity contribution in [3.63, 3.8) is 0 Å². The summed E-state index contributed by atoms with van der Waals surface area (Å²) in [5.41, 5.74) is 6.87. The summed E-state index contributed by atoms with van der Waals surface area (Å²) in [5.74, 6) is 0. The quantitative estimate of drug-likeness (QED) is 0.616. The van der Waals surface area contributed by atoms with E-state index in [0.717, 1.165) is 24.1 Å². The number of hydrogen-bond acceptors (Lipinski definition) is 2. The van der Waals surface area contributed by atoms with Crippen molar-refractivity contribution in [2.75, 3.05) is 0 Å². The number of aryl methyl sites for hydroxylation is 2. The van der Waals surface area contributed by atoms with Crippen LogP contribution in [-0.2, 0) is 6.42 Å². The van der Waals surface area contributed by atoms with Gasteiger partial charge in [-0.15, -0.1) is 0 Å². The van der Waals surface area contributed by atoms with E-state index < -0.39 is 0 Å². The Balaban J connectivity index is 2.20. The van der Waals surface area contributed by atoms with Gasteiger partial charge >= 0.3 is 0 Å². The molecule has 3 nitrogen and oxygen atoms in total. The van der Waals surface area contributed by atoms with Gasteiger partial charge in [-0.2, -0.15) is 0 Å². The van der Waals surface area contributed by atoms with E-state index in [-0.39, 0.29) is 5.41 Å². The van der Waals surface area contributed by atoms with E-state index in [1.165, 1.54) is 22.6 Å². The Labute approximate surface area is 125 Å². The average molecular weight is 282 g/mol. The van der Waals surface area contributed by atoms with Gasteiger partial charge in [0, 0.05) is 22.6 Å².